The zero-order valence-corrected chi connectivity index (χ0v) is 11.1. The molecule has 1 aromatic heterocycles. The minimum atomic E-state index is 0.0324. The van der Waals surface area contributed by atoms with Crippen molar-refractivity contribution in [2.75, 3.05) is 0 Å². The summed E-state index contributed by atoms with van der Waals surface area (Å²) in [5.41, 5.74) is 2.61. The van der Waals surface area contributed by atoms with Crippen LogP contribution >= 0.6 is 0 Å². The van der Waals surface area contributed by atoms with Crippen LogP contribution in [0.5, 0.6) is 0 Å². The van der Waals surface area contributed by atoms with Gasteiger partial charge in [-0.05, 0) is 18.4 Å². The molecule has 0 unspecified atom stereocenters. The molecular formula is C15H18N2O. The largest absolute Gasteiger partial charge is 0.288 e. The van der Waals surface area contributed by atoms with Crippen LogP contribution in [-0.2, 0) is 6.54 Å². The second kappa shape index (κ2) is 5.17. The third-order valence-electron chi connectivity index (χ3n) is 3.06. The van der Waals surface area contributed by atoms with Gasteiger partial charge in [0.25, 0.3) is 0 Å². The highest BCUT2D eigenvalue weighted by atomic mass is 16.1. The highest BCUT2D eigenvalue weighted by Crippen LogP contribution is 2.16. The number of carbonyl (C=O) groups is 1. The highest BCUT2D eigenvalue weighted by molar-refractivity contribution is 6.08. The first-order valence-electron chi connectivity index (χ1n) is 6.29. The van der Waals surface area contributed by atoms with Crippen molar-refractivity contribution in [1.29, 1.82) is 0 Å². The molecule has 0 spiro atoms. The lowest BCUT2D eigenvalue weighted by atomic mass is 9.99. The monoisotopic (exact) mass is 242 g/mol. The topological polar surface area (TPSA) is 34.9 Å². The van der Waals surface area contributed by atoms with Gasteiger partial charge in [-0.1, -0.05) is 38.1 Å². The fourth-order valence-corrected chi connectivity index (χ4v) is 1.84. The van der Waals surface area contributed by atoms with Crippen LogP contribution in [0.15, 0.2) is 36.7 Å². The lowest BCUT2D eigenvalue weighted by Gasteiger charge is -2.05. The quantitative estimate of drug-likeness (QED) is 0.771. The summed E-state index contributed by atoms with van der Waals surface area (Å²) in [6.07, 6.45) is 3.42. The van der Waals surface area contributed by atoms with E-state index in [1.165, 1.54) is 5.56 Å². The second-order valence-electron chi connectivity index (χ2n) is 4.69. The first kappa shape index (κ1) is 12.6. The molecule has 0 N–H and O–H groups in total. The molecule has 0 saturated heterocycles. The van der Waals surface area contributed by atoms with E-state index in [2.05, 4.69) is 18.9 Å². The molecule has 3 heteroatoms. The molecule has 18 heavy (non-hydrogen) atoms. The van der Waals surface area contributed by atoms with Crippen LogP contribution in [0.2, 0.25) is 0 Å². The molecule has 0 fully saturated rings. The maximum Gasteiger partial charge on any atom is 0.196 e. The smallest absolute Gasteiger partial charge is 0.196 e. The molecular weight excluding hydrogens is 224 g/mol. The fourth-order valence-electron chi connectivity index (χ4n) is 1.84. The van der Waals surface area contributed by atoms with Crippen LogP contribution in [0.1, 0.15) is 48.2 Å². The zero-order valence-electron chi connectivity index (χ0n) is 11.1. The van der Waals surface area contributed by atoms with Gasteiger partial charge in [0.2, 0.25) is 0 Å². The molecule has 0 aliphatic carbocycles. The van der Waals surface area contributed by atoms with Gasteiger partial charge >= 0.3 is 0 Å². The van der Waals surface area contributed by atoms with Crippen molar-refractivity contribution in [3.05, 3.63) is 53.3 Å². The van der Waals surface area contributed by atoms with Gasteiger partial charge in [0.1, 0.15) is 0 Å². The maximum atomic E-state index is 12.2. The predicted octanol–water partition coefficient (Wildman–Crippen LogP) is 3.26. The minimum Gasteiger partial charge on any atom is -0.288 e. The van der Waals surface area contributed by atoms with E-state index in [-0.39, 0.29) is 5.78 Å². The number of rotatable bonds is 4. The SMILES string of the molecule is CCn1cc(C(=O)c2ccc(C(C)C)cc2)cn1. The van der Waals surface area contributed by atoms with Crippen LogP contribution < -0.4 is 0 Å². The van der Waals surface area contributed by atoms with Crippen LogP contribution in [-0.4, -0.2) is 15.6 Å². The van der Waals surface area contributed by atoms with Crippen LogP contribution in [0.4, 0.5) is 0 Å². The van der Waals surface area contributed by atoms with E-state index in [1.54, 1.807) is 17.1 Å². The molecule has 0 amide bonds. The van der Waals surface area contributed by atoms with Gasteiger partial charge in [0, 0.05) is 18.3 Å². The van der Waals surface area contributed by atoms with E-state index in [1.807, 2.05) is 31.2 Å². The van der Waals surface area contributed by atoms with Crippen molar-refractivity contribution in [3.63, 3.8) is 0 Å². The molecule has 1 aromatic carbocycles. The number of ketones is 1. The molecule has 2 aromatic rings. The number of nitrogens with zero attached hydrogens (tertiary/aromatic N) is 2. The number of hydrogen-bond donors (Lipinski definition) is 0. The summed E-state index contributed by atoms with van der Waals surface area (Å²) in [7, 11) is 0. The van der Waals surface area contributed by atoms with Crippen molar-refractivity contribution in [3.8, 4) is 0 Å². The Morgan fingerprint density at radius 1 is 1.22 bits per heavy atom. The number of hydrogen-bond acceptors (Lipinski definition) is 2. The molecule has 0 bridgehead atoms. The molecule has 3 nitrogen and oxygen atoms in total. The summed E-state index contributed by atoms with van der Waals surface area (Å²) in [5, 5.41) is 4.12. The van der Waals surface area contributed by atoms with Gasteiger partial charge in [-0.3, -0.25) is 9.48 Å². The summed E-state index contributed by atoms with van der Waals surface area (Å²) in [5.74, 6) is 0.516. The fraction of sp³-hybridized carbons (Fsp3) is 0.333. The molecule has 0 radical (unpaired) electrons. The first-order valence-corrected chi connectivity index (χ1v) is 6.29. The minimum absolute atomic E-state index is 0.0324. The van der Waals surface area contributed by atoms with Crippen LogP contribution in [0.25, 0.3) is 0 Å². The van der Waals surface area contributed by atoms with E-state index in [4.69, 9.17) is 0 Å². The van der Waals surface area contributed by atoms with Gasteiger partial charge in [0.15, 0.2) is 5.78 Å². The zero-order chi connectivity index (χ0) is 13.1. The van der Waals surface area contributed by atoms with Crippen molar-refractivity contribution in [2.24, 2.45) is 0 Å². The van der Waals surface area contributed by atoms with E-state index in [0.717, 1.165) is 12.1 Å². The van der Waals surface area contributed by atoms with Gasteiger partial charge in [0.05, 0.1) is 11.8 Å². The van der Waals surface area contributed by atoms with E-state index < -0.39 is 0 Å². The Morgan fingerprint density at radius 2 is 1.89 bits per heavy atom. The third-order valence-corrected chi connectivity index (χ3v) is 3.06. The van der Waals surface area contributed by atoms with Gasteiger partial charge < -0.3 is 0 Å². The number of carbonyl (C=O) groups excluding carboxylic acids is 1. The molecule has 94 valence electrons. The summed E-state index contributed by atoms with van der Waals surface area (Å²) in [4.78, 5) is 12.2. The molecule has 0 aliphatic rings. The number of aryl methyl sites for hydroxylation is 1. The lowest BCUT2D eigenvalue weighted by molar-refractivity contribution is 0.103. The highest BCUT2D eigenvalue weighted by Gasteiger charge is 2.11. The summed E-state index contributed by atoms with van der Waals surface area (Å²) >= 11 is 0. The molecule has 1 heterocycles. The Bertz CT molecular complexity index is 538. The molecule has 0 atom stereocenters. The lowest BCUT2D eigenvalue weighted by Crippen LogP contribution is -2.00. The van der Waals surface area contributed by atoms with E-state index >= 15 is 0 Å². The van der Waals surface area contributed by atoms with Crippen molar-refractivity contribution in [1.82, 2.24) is 9.78 Å². The maximum absolute atomic E-state index is 12.2. The Morgan fingerprint density at radius 3 is 2.39 bits per heavy atom. The summed E-state index contributed by atoms with van der Waals surface area (Å²) in [6, 6.07) is 7.81. The third kappa shape index (κ3) is 2.50. The Balaban J connectivity index is 2.23. The standard InChI is InChI=1S/C15H18N2O/c1-4-17-10-14(9-16-17)15(18)13-7-5-12(6-8-13)11(2)3/h5-11H,4H2,1-3H3. The van der Waals surface area contributed by atoms with Crippen LogP contribution in [0, 0.1) is 0 Å². The van der Waals surface area contributed by atoms with E-state index in [0.29, 0.717) is 11.5 Å². The van der Waals surface area contributed by atoms with Gasteiger partial charge in [-0.2, -0.15) is 5.10 Å². The Labute approximate surface area is 107 Å². The predicted molar refractivity (Wildman–Crippen MR) is 71.9 cm³/mol. The summed E-state index contributed by atoms with van der Waals surface area (Å²) < 4.78 is 1.76. The second-order valence-corrected chi connectivity index (χ2v) is 4.69. The molecule has 2 rings (SSSR count). The van der Waals surface area contributed by atoms with E-state index in [9.17, 15) is 4.79 Å². The van der Waals surface area contributed by atoms with Gasteiger partial charge in [-0.25, -0.2) is 0 Å². The number of aromatic nitrogens is 2. The summed E-state index contributed by atoms with van der Waals surface area (Å²) in [6.45, 7) is 7.06. The van der Waals surface area contributed by atoms with Crippen molar-refractivity contribution < 1.29 is 4.79 Å². The molecule has 0 aliphatic heterocycles. The Hall–Kier alpha value is -1.90. The average Bonchev–Trinajstić information content (AvgIpc) is 2.86. The Kier molecular flexibility index (Phi) is 3.60. The van der Waals surface area contributed by atoms with Crippen molar-refractivity contribution in [2.45, 2.75) is 33.2 Å². The molecule has 0 saturated carbocycles. The van der Waals surface area contributed by atoms with Crippen molar-refractivity contribution >= 4 is 5.78 Å². The van der Waals surface area contributed by atoms with Crippen LogP contribution in [0.3, 0.4) is 0 Å². The number of benzene rings is 1. The average molecular weight is 242 g/mol. The normalized spacial score (nSPS) is 10.9. The first-order chi connectivity index (χ1) is 8.61. The van der Waals surface area contributed by atoms with Gasteiger partial charge in [-0.15, -0.1) is 0 Å².